The molecule has 0 saturated heterocycles. The van der Waals surface area contributed by atoms with Gasteiger partial charge in [-0.05, 0) is 40.2 Å². The maximum Gasteiger partial charge on any atom is 0.407 e. The fourth-order valence-electron chi connectivity index (χ4n) is 4.84. The molecule has 0 radical (unpaired) electrons. The van der Waals surface area contributed by atoms with Crippen LogP contribution >= 0.6 is 0 Å². The van der Waals surface area contributed by atoms with Crippen molar-refractivity contribution in [2.24, 2.45) is 11.8 Å². The molecule has 3 atom stereocenters. The van der Waals surface area contributed by atoms with E-state index in [0.29, 0.717) is 18.5 Å². The summed E-state index contributed by atoms with van der Waals surface area (Å²) >= 11 is 0. The molecule has 0 heterocycles. The molecule has 7 nitrogen and oxygen atoms in total. The van der Waals surface area contributed by atoms with E-state index in [1.807, 2.05) is 24.3 Å². The Morgan fingerprint density at radius 2 is 1.49 bits per heavy atom. The lowest BCUT2D eigenvalue weighted by atomic mass is 9.98. The zero-order chi connectivity index (χ0) is 24.4. The van der Waals surface area contributed by atoms with Crippen LogP contribution in [0.5, 0.6) is 0 Å². The standard InChI is InChI=1S/C28H26N2O5/c31-26(30-25(27(32)33)17-8-2-1-3-9-17)23-14-18(23)15-29-28(34)35-16-24-21-12-6-4-10-19(21)20-11-5-7-13-22(20)24/h1-13,18,23-25H,14-16H2,(H,29,34)(H,30,31)(H,32,33)/t18-,23-,25+/m1/s1. The molecule has 35 heavy (non-hydrogen) atoms. The number of hydrogen-bond donors (Lipinski definition) is 3. The Morgan fingerprint density at radius 3 is 2.11 bits per heavy atom. The molecule has 0 aliphatic heterocycles. The zero-order valence-corrected chi connectivity index (χ0v) is 19.0. The predicted octanol–water partition coefficient (Wildman–Crippen LogP) is 4.10. The number of carbonyl (C=O) groups is 3. The first-order valence-electron chi connectivity index (χ1n) is 11.7. The van der Waals surface area contributed by atoms with Crippen molar-refractivity contribution in [3.63, 3.8) is 0 Å². The lowest BCUT2D eigenvalue weighted by molar-refractivity contribution is -0.142. The SMILES string of the molecule is O=C(NC[C@H]1C[C@H]1C(=O)N[C@H](C(=O)O)c1ccccc1)OCC1c2ccccc2-c2ccccc21. The van der Waals surface area contributed by atoms with Gasteiger partial charge in [0, 0.05) is 18.4 Å². The van der Waals surface area contributed by atoms with Crippen molar-refractivity contribution in [1.29, 1.82) is 0 Å². The minimum Gasteiger partial charge on any atom is -0.479 e. The summed E-state index contributed by atoms with van der Waals surface area (Å²) in [6.45, 7) is 0.531. The number of rotatable bonds is 8. The Kier molecular flexibility index (Phi) is 6.23. The number of aliphatic carboxylic acids is 1. The van der Waals surface area contributed by atoms with Crippen LogP contribution in [0.25, 0.3) is 11.1 Å². The van der Waals surface area contributed by atoms with E-state index >= 15 is 0 Å². The van der Waals surface area contributed by atoms with Gasteiger partial charge in [-0.2, -0.15) is 0 Å². The van der Waals surface area contributed by atoms with Gasteiger partial charge in [0.2, 0.25) is 5.91 Å². The number of amides is 2. The lowest BCUT2D eigenvalue weighted by Gasteiger charge is -2.15. The van der Waals surface area contributed by atoms with E-state index in [1.165, 1.54) is 11.1 Å². The van der Waals surface area contributed by atoms with E-state index in [-0.39, 0.29) is 30.3 Å². The summed E-state index contributed by atoms with van der Waals surface area (Å²) in [6, 6.07) is 23.8. The third-order valence-corrected chi connectivity index (χ3v) is 6.78. The molecule has 3 aromatic carbocycles. The molecule has 3 aromatic rings. The van der Waals surface area contributed by atoms with Crippen LogP contribution < -0.4 is 10.6 Å². The molecule has 178 valence electrons. The number of carboxylic acid groups (broad SMARTS) is 1. The third kappa shape index (κ3) is 4.75. The average molecular weight is 471 g/mol. The largest absolute Gasteiger partial charge is 0.479 e. The molecule has 0 unspecified atom stereocenters. The zero-order valence-electron chi connectivity index (χ0n) is 19.0. The summed E-state index contributed by atoms with van der Waals surface area (Å²) in [5.74, 6) is -1.81. The maximum atomic E-state index is 12.6. The van der Waals surface area contributed by atoms with Crippen molar-refractivity contribution in [1.82, 2.24) is 10.6 Å². The Balaban J connectivity index is 1.11. The smallest absolute Gasteiger partial charge is 0.407 e. The minimum atomic E-state index is -1.11. The highest BCUT2D eigenvalue weighted by atomic mass is 16.5. The van der Waals surface area contributed by atoms with Gasteiger partial charge in [0.15, 0.2) is 6.04 Å². The highest BCUT2D eigenvalue weighted by molar-refractivity contribution is 5.87. The number of carbonyl (C=O) groups excluding carboxylic acids is 2. The molecule has 0 aromatic heterocycles. The molecule has 0 spiro atoms. The summed E-state index contributed by atoms with van der Waals surface area (Å²) in [5.41, 5.74) is 5.14. The first-order chi connectivity index (χ1) is 17.0. The summed E-state index contributed by atoms with van der Waals surface area (Å²) < 4.78 is 5.54. The predicted molar refractivity (Wildman–Crippen MR) is 130 cm³/mol. The Hall–Kier alpha value is -4.13. The Morgan fingerprint density at radius 1 is 0.886 bits per heavy atom. The van der Waals surface area contributed by atoms with Gasteiger partial charge in [-0.1, -0.05) is 78.9 Å². The third-order valence-electron chi connectivity index (χ3n) is 6.78. The first kappa shape index (κ1) is 22.7. The van der Waals surface area contributed by atoms with Gasteiger partial charge in [-0.3, -0.25) is 4.79 Å². The molecule has 7 heteroatoms. The van der Waals surface area contributed by atoms with Gasteiger partial charge in [0.1, 0.15) is 6.61 Å². The second-order valence-electron chi connectivity index (χ2n) is 9.00. The summed E-state index contributed by atoms with van der Waals surface area (Å²) in [6.07, 6.45) is 0.0713. The first-order valence-corrected chi connectivity index (χ1v) is 11.7. The molecular formula is C28H26N2O5. The molecule has 2 aliphatic carbocycles. The second-order valence-corrected chi connectivity index (χ2v) is 9.00. The van der Waals surface area contributed by atoms with Crippen LogP contribution in [0.15, 0.2) is 78.9 Å². The quantitative estimate of drug-likeness (QED) is 0.460. The molecule has 1 fully saturated rings. The lowest BCUT2D eigenvalue weighted by Crippen LogP contribution is -2.35. The monoisotopic (exact) mass is 470 g/mol. The number of hydrogen-bond acceptors (Lipinski definition) is 4. The van der Waals surface area contributed by atoms with Gasteiger partial charge < -0.3 is 20.5 Å². The van der Waals surface area contributed by atoms with Crippen molar-refractivity contribution in [3.05, 3.63) is 95.6 Å². The fraction of sp³-hybridized carbons (Fsp3) is 0.250. The average Bonchev–Trinajstić information content (AvgIpc) is 3.60. The van der Waals surface area contributed by atoms with Crippen molar-refractivity contribution >= 4 is 18.0 Å². The molecule has 3 N–H and O–H groups in total. The van der Waals surface area contributed by atoms with E-state index < -0.39 is 18.1 Å². The topological polar surface area (TPSA) is 105 Å². The highest BCUT2D eigenvalue weighted by Gasteiger charge is 2.44. The molecule has 2 aliphatic rings. The highest BCUT2D eigenvalue weighted by Crippen LogP contribution is 2.44. The maximum absolute atomic E-state index is 12.6. The second kappa shape index (κ2) is 9.62. The van der Waals surface area contributed by atoms with E-state index in [4.69, 9.17) is 4.74 Å². The van der Waals surface area contributed by atoms with Gasteiger partial charge in [-0.15, -0.1) is 0 Å². The normalized spacial score (nSPS) is 18.6. The number of carboxylic acids is 1. The summed E-state index contributed by atoms with van der Waals surface area (Å²) in [5, 5.41) is 14.9. The molecule has 5 rings (SSSR count). The van der Waals surface area contributed by atoms with Crippen molar-refractivity contribution in [3.8, 4) is 11.1 Å². The van der Waals surface area contributed by atoms with E-state index in [2.05, 4.69) is 34.9 Å². The van der Waals surface area contributed by atoms with E-state index in [0.717, 1.165) is 11.1 Å². The van der Waals surface area contributed by atoms with Gasteiger partial charge in [0.05, 0.1) is 0 Å². The number of benzene rings is 3. The Labute approximate surface area is 203 Å². The molecule has 1 saturated carbocycles. The minimum absolute atomic E-state index is 0.0152. The van der Waals surface area contributed by atoms with Crippen molar-refractivity contribution < 1.29 is 24.2 Å². The molecular weight excluding hydrogens is 444 g/mol. The molecule has 0 bridgehead atoms. The number of nitrogens with one attached hydrogen (secondary N) is 2. The van der Waals surface area contributed by atoms with Crippen LogP contribution in [0.1, 0.15) is 35.1 Å². The number of alkyl carbamates (subject to hydrolysis) is 1. The van der Waals surface area contributed by atoms with Crippen LogP contribution in [0.3, 0.4) is 0 Å². The summed E-state index contributed by atoms with van der Waals surface area (Å²) in [7, 11) is 0. The van der Waals surface area contributed by atoms with E-state index in [1.54, 1.807) is 30.3 Å². The van der Waals surface area contributed by atoms with Gasteiger partial charge >= 0.3 is 12.1 Å². The van der Waals surface area contributed by atoms with Crippen LogP contribution in [0, 0.1) is 11.8 Å². The van der Waals surface area contributed by atoms with Crippen molar-refractivity contribution in [2.75, 3.05) is 13.2 Å². The van der Waals surface area contributed by atoms with Gasteiger partial charge in [0.25, 0.3) is 0 Å². The van der Waals surface area contributed by atoms with Crippen LogP contribution in [0.4, 0.5) is 4.79 Å². The van der Waals surface area contributed by atoms with Crippen LogP contribution in [-0.4, -0.2) is 36.2 Å². The van der Waals surface area contributed by atoms with Crippen molar-refractivity contribution in [2.45, 2.75) is 18.4 Å². The Bertz CT molecular complexity index is 1210. The molecule has 2 amide bonds. The van der Waals surface area contributed by atoms with E-state index in [9.17, 15) is 19.5 Å². The van der Waals surface area contributed by atoms with Gasteiger partial charge in [-0.25, -0.2) is 9.59 Å². The summed E-state index contributed by atoms with van der Waals surface area (Å²) in [4.78, 5) is 36.6. The number of ether oxygens (including phenoxy) is 1. The van der Waals surface area contributed by atoms with Crippen LogP contribution in [0.2, 0.25) is 0 Å². The number of fused-ring (bicyclic) bond motifs is 3. The van der Waals surface area contributed by atoms with Crippen LogP contribution in [-0.2, 0) is 14.3 Å². The fourth-order valence-corrected chi connectivity index (χ4v) is 4.84.